The highest BCUT2D eigenvalue weighted by atomic mass is 35.5. The Balaban J connectivity index is 0.000000263. The summed E-state index contributed by atoms with van der Waals surface area (Å²) in [7, 11) is 0. The van der Waals surface area contributed by atoms with Crippen molar-refractivity contribution in [2.45, 2.75) is 20.0 Å². The summed E-state index contributed by atoms with van der Waals surface area (Å²) >= 11 is 11.3. The fourth-order valence-electron chi connectivity index (χ4n) is 4.80. The average Bonchev–Trinajstić information content (AvgIpc) is 3.24. The molecule has 0 bridgehead atoms. The Morgan fingerprint density at radius 3 is 1.58 bits per heavy atom. The first-order chi connectivity index (χ1) is 30.3. The van der Waals surface area contributed by atoms with Crippen LogP contribution in [0.25, 0.3) is 12.2 Å². The number of carbonyl (C=O) groups excluding carboxylic acids is 4. The quantitative estimate of drug-likeness (QED) is 0.0880. The Bertz CT molecular complexity index is 2590. The van der Waals surface area contributed by atoms with Crippen LogP contribution in [0.3, 0.4) is 0 Å². The number of hydrogen-bond acceptors (Lipinski definition) is 8. The van der Waals surface area contributed by atoms with Gasteiger partial charge < -0.3 is 31.4 Å². The van der Waals surface area contributed by atoms with Gasteiger partial charge in [0.25, 0.3) is 17.6 Å². The van der Waals surface area contributed by atoms with Gasteiger partial charge in [-0.2, -0.15) is 13.2 Å². The maximum absolute atomic E-state index is 12.5. The van der Waals surface area contributed by atoms with Gasteiger partial charge in [0.2, 0.25) is 0 Å². The highest BCUT2D eigenvalue weighted by molar-refractivity contribution is 6.30. The number of alkyl halides is 3. The number of amides is 3. The van der Waals surface area contributed by atoms with Gasteiger partial charge in [0, 0.05) is 46.9 Å². The topological polar surface area (TPSA) is 218 Å². The zero-order chi connectivity index (χ0) is 47.2. The summed E-state index contributed by atoms with van der Waals surface area (Å²) in [6.45, 7) is 3.92. The second-order valence-electron chi connectivity index (χ2n) is 13.0. The molecular formula is C46H39Cl2F3N6O7. The van der Waals surface area contributed by atoms with E-state index in [4.69, 9.17) is 43.9 Å². The van der Waals surface area contributed by atoms with Gasteiger partial charge >= 0.3 is 18.1 Å². The van der Waals surface area contributed by atoms with Crippen LogP contribution in [0.4, 0.5) is 36.2 Å². The van der Waals surface area contributed by atoms with Crippen molar-refractivity contribution < 1.29 is 52.3 Å². The van der Waals surface area contributed by atoms with E-state index in [1.807, 2.05) is 68.4 Å². The van der Waals surface area contributed by atoms with Crippen LogP contribution in [0.2, 0.25) is 10.0 Å². The van der Waals surface area contributed by atoms with E-state index in [1.54, 1.807) is 79.0 Å². The first-order valence-electron chi connectivity index (χ1n) is 18.5. The number of aromatic nitrogens is 2. The van der Waals surface area contributed by atoms with Gasteiger partial charge in [-0.05, 0) is 115 Å². The highest BCUT2D eigenvalue weighted by Gasteiger charge is 2.28. The fraction of sp³-hybridized carbons (Fsp3) is 0.0652. The third kappa shape index (κ3) is 19.7. The van der Waals surface area contributed by atoms with Crippen LogP contribution in [0.15, 0.2) is 146 Å². The molecule has 6 aromatic rings. The van der Waals surface area contributed by atoms with Gasteiger partial charge in [0.05, 0.1) is 10.0 Å². The van der Waals surface area contributed by atoms with Crippen LogP contribution in [0, 0.1) is 13.8 Å². The number of benzene rings is 4. The lowest BCUT2D eigenvalue weighted by Gasteiger charge is -2.06. The smallest absolute Gasteiger partial charge is 0.430 e. The van der Waals surface area contributed by atoms with Crippen LogP contribution in [-0.2, 0) is 14.4 Å². The van der Waals surface area contributed by atoms with Crippen molar-refractivity contribution >= 4 is 88.0 Å². The van der Waals surface area contributed by atoms with Gasteiger partial charge in [-0.25, -0.2) is 24.9 Å². The van der Waals surface area contributed by atoms with Crippen molar-refractivity contribution in [3.63, 3.8) is 0 Å². The molecule has 13 nitrogen and oxygen atoms in total. The Labute approximate surface area is 375 Å². The minimum Gasteiger partial charge on any atom is -0.542 e. The molecule has 6 rings (SSSR count). The van der Waals surface area contributed by atoms with Crippen molar-refractivity contribution in [2.75, 3.05) is 21.7 Å². The number of nitrogen functional groups attached to an aromatic ring is 1. The number of halogens is 5. The molecule has 0 aliphatic rings. The molecule has 0 unspecified atom stereocenters. The van der Waals surface area contributed by atoms with E-state index in [0.29, 0.717) is 38.4 Å². The number of H-pyrrole nitrogens is 1. The zero-order valence-electron chi connectivity index (χ0n) is 33.8. The molecule has 0 radical (unpaired) electrons. The number of carbonyl (C=O) groups is 5. The molecule has 64 heavy (non-hydrogen) atoms. The predicted octanol–water partition coefficient (Wildman–Crippen LogP) is 8.33. The summed E-state index contributed by atoms with van der Waals surface area (Å²) < 4.78 is 31.5. The first-order valence-corrected chi connectivity index (χ1v) is 19.2. The molecule has 0 fully saturated rings. The van der Waals surface area contributed by atoms with Crippen molar-refractivity contribution in [1.29, 1.82) is 0 Å². The molecule has 0 aliphatic carbocycles. The number of nitrogens with one attached hydrogen (secondary N) is 4. The van der Waals surface area contributed by atoms with Crippen molar-refractivity contribution in [3.05, 3.63) is 189 Å². The van der Waals surface area contributed by atoms with E-state index >= 15 is 0 Å². The largest absolute Gasteiger partial charge is 0.542 e. The van der Waals surface area contributed by atoms with Crippen molar-refractivity contribution in [1.82, 2.24) is 4.98 Å². The van der Waals surface area contributed by atoms with Crippen LogP contribution < -0.4 is 31.8 Å². The number of nitrogens with two attached hydrogens (primary N) is 1. The Hall–Kier alpha value is -7.82. The normalized spacial score (nSPS) is 10.5. The molecule has 18 heteroatoms. The van der Waals surface area contributed by atoms with Crippen molar-refractivity contribution in [3.8, 4) is 0 Å². The fourth-order valence-corrected chi connectivity index (χ4v) is 5.03. The van der Waals surface area contributed by atoms with E-state index in [0.717, 1.165) is 34.1 Å². The average molecular weight is 916 g/mol. The number of rotatable bonds is 9. The van der Waals surface area contributed by atoms with Crippen LogP contribution in [-0.4, -0.2) is 45.9 Å². The van der Waals surface area contributed by atoms with Gasteiger partial charge in [-0.1, -0.05) is 71.7 Å². The molecule has 0 saturated carbocycles. The summed E-state index contributed by atoms with van der Waals surface area (Å²) in [6.07, 6.45) is 3.44. The molecule has 2 aromatic heterocycles. The van der Waals surface area contributed by atoms with E-state index in [1.165, 1.54) is 18.3 Å². The number of carboxylic acid groups (broad SMARTS) is 2. The second-order valence-corrected chi connectivity index (χ2v) is 13.9. The third-order valence-electron chi connectivity index (χ3n) is 7.71. The van der Waals surface area contributed by atoms with Crippen LogP contribution in [0.1, 0.15) is 43.0 Å². The van der Waals surface area contributed by atoms with E-state index in [-0.39, 0.29) is 17.7 Å². The Morgan fingerprint density at radius 2 is 1.17 bits per heavy atom. The number of nitrogens with zero attached hydrogens (tertiary/aromatic N) is 1. The van der Waals surface area contributed by atoms with E-state index < -0.39 is 18.1 Å². The molecule has 2 heterocycles. The summed E-state index contributed by atoms with van der Waals surface area (Å²) in [5, 5.41) is 26.9. The molecule has 330 valence electrons. The Morgan fingerprint density at radius 1 is 0.688 bits per heavy atom. The maximum atomic E-state index is 12.5. The number of aryl methyl sites for hydroxylation is 2. The summed E-state index contributed by atoms with van der Waals surface area (Å²) in [5.41, 5.74) is 11.2. The lowest BCUT2D eigenvalue weighted by molar-refractivity contribution is -0.360. The number of aliphatic carboxylic acids is 2. The van der Waals surface area contributed by atoms with Gasteiger partial charge in [-0.15, -0.1) is 0 Å². The number of aromatic amines is 1. The summed E-state index contributed by atoms with van der Waals surface area (Å²) in [5.74, 6) is -3.74. The molecule has 0 saturated heterocycles. The third-order valence-corrected chi connectivity index (χ3v) is 8.17. The Kier molecular flexibility index (Phi) is 19.9. The number of carboxylic acids is 2. The molecule has 0 atom stereocenters. The van der Waals surface area contributed by atoms with E-state index in [9.17, 15) is 32.3 Å². The standard InChI is InChI=1S/C22H18ClN3O2.C17H15NO3.C5H5ClN2.C2HF3O2/c1-15-4-2-7-19(12-15)25-22(28)17-6-3-5-16(13-17)8-11-21(27)26-20-10-9-18(23)14-24-20;1-12-4-2-7-15(10-12)18-17(21)14-6-3-5-13(11-14)8-9-16(19)20;6-4-1-2-5(7)8-3-4;3-2(4,5)1(6)7/h2-14H,1H3,(H,25,28)(H,24,26,27);2-11H,1H3,(H,18,21)(H,19,20);1-3H,(H2,7,8);(H,6,7)/b11-8+;9-8+;;. The minimum atomic E-state index is -5.19. The van der Waals surface area contributed by atoms with Crippen LogP contribution in [0.5, 0.6) is 0 Å². The molecule has 7 N–H and O–H groups in total. The summed E-state index contributed by atoms with van der Waals surface area (Å²) in [6, 6.07) is 35.6. The first kappa shape index (κ1) is 50.5. The minimum absolute atomic E-state index is 0.207. The maximum Gasteiger partial charge on any atom is 0.430 e. The second kappa shape index (κ2) is 25.2. The molecule has 0 spiro atoms. The highest BCUT2D eigenvalue weighted by Crippen LogP contribution is 2.16. The molecule has 0 aliphatic heterocycles. The van der Waals surface area contributed by atoms with Crippen LogP contribution >= 0.6 is 23.2 Å². The SMILES string of the molecule is Cc1cccc(NC(=O)c2cccc(/C=C/C(=O)Nc3ccc(Cl)c[nH+]3)c2)c1.Cc1cccc(NC(=O)c2cccc(/C=C/C(=O)O)c2)c1.Nc1ccc(Cl)cn1.O=C([O-])C(F)(F)F. The monoisotopic (exact) mass is 914 g/mol. The zero-order valence-corrected chi connectivity index (χ0v) is 35.3. The van der Waals surface area contributed by atoms with Gasteiger partial charge in [0.1, 0.15) is 18.0 Å². The summed E-state index contributed by atoms with van der Waals surface area (Å²) in [4.78, 5) is 62.5. The number of hydrogen-bond donors (Lipinski definition) is 5. The molecule has 4 aromatic carbocycles. The van der Waals surface area contributed by atoms with Gasteiger partial charge in [-0.3, -0.25) is 9.59 Å². The van der Waals surface area contributed by atoms with Gasteiger partial charge in [0.15, 0.2) is 0 Å². The number of anilines is 4. The predicted molar refractivity (Wildman–Crippen MR) is 238 cm³/mol. The molecular weight excluding hydrogens is 876 g/mol. The van der Waals surface area contributed by atoms with Crippen molar-refractivity contribution in [2.24, 2.45) is 0 Å². The van der Waals surface area contributed by atoms with E-state index in [2.05, 4.69) is 25.9 Å². The lowest BCUT2D eigenvalue weighted by Crippen LogP contribution is -2.37. The molecule has 3 amide bonds. The lowest BCUT2D eigenvalue weighted by atomic mass is 10.1. The number of pyridine rings is 2.